The summed E-state index contributed by atoms with van der Waals surface area (Å²) in [7, 11) is 1.59. The Bertz CT molecular complexity index is 323. The van der Waals surface area contributed by atoms with Crippen LogP contribution in [0.2, 0.25) is 5.02 Å². The van der Waals surface area contributed by atoms with E-state index in [1.165, 1.54) is 0 Å². The predicted molar refractivity (Wildman–Crippen MR) is 53.2 cm³/mol. The summed E-state index contributed by atoms with van der Waals surface area (Å²) in [4.78, 5) is 0. The molecular formula is C10H11ClO3. The molecule has 0 radical (unpaired) electrons. The second kappa shape index (κ2) is 4.07. The van der Waals surface area contributed by atoms with Crippen LogP contribution in [-0.2, 0) is 4.74 Å². The van der Waals surface area contributed by atoms with Gasteiger partial charge in [-0.2, -0.15) is 0 Å². The van der Waals surface area contributed by atoms with Crippen LogP contribution in [0.25, 0.3) is 0 Å². The maximum atomic E-state index is 5.81. The Labute approximate surface area is 87.5 Å². The molecule has 14 heavy (non-hydrogen) atoms. The van der Waals surface area contributed by atoms with Gasteiger partial charge in [0.2, 0.25) is 0 Å². The van der Waals surface area contributed by atoms with E-state index in [-0.39, 0.29) is 6.10 Å². The lowest BCUT2D eigenvalue weighted by molar-refractivity contribution is 0.252. The standard InChI is InChI=1S/C10H11ClO3/c1-12-10-4-7(11)2-3-9(10)14-6-8-5-13-8/h2-4,8H,5-6H2,1H3/t8-/m0/s1. The molecule has 0 aromatic heterocycles. The highest BCUT2D eigenvalue weighted by atomic mass is 35.5. The SMILES string of the molecule is COc1cc(Cl)ccc1OC[C@@H]1CO1. The molecule has 4 heteroatoms. The number of methoxy groups -OCH3 is 1. The zero-order valence-electron chi connectivity index (χ0n) is 7.83. The van der Waals surface area contributed by atoms with Crippen LogP contribution in [-0.4, -0.2) is 26.4 Å². The largest absolute Gasteiger partial charge is 0.493 e. The topological polar surface area (TPSA) is 31.0 Å². The number of ether oxygens (including phenoxy) is 3. The van der Waals surface area contributed by atoms with E-state index in [9.17, 15) is 0 Å². The van der Waals surface area contributed by atoms with Gasteiger partial charge >= 0.3 is 0 Å². The van der Waals surface area contributed by atoms with Gasteiger partial charge in [-0.1, -0.05) is 11.6 Å². The number of benzene rings is 1. The van der Waals surface area contributed by atoms with Crippen molar-refractivity contribution in [2.24, 2.45) is 0 Å². The lowest BCUT2D eigenvalue weighted by atomic mass is 10.3. The summed E-state index contributed by atoms with van der Waals surface area (Å²) in [5.41, 5.74) is 0. The molecule has 76 valence electrons. The first-order chi connectivity index (χ1) is 6.79. The molecule has 1 atom stereocenters. The van der Waals surface area contributed by atoms with Crippen molar-refractivity contribution in [2.45, 2.75) is 6.10 Å². The van der Waals surface area contributed by atoms with Gasteiger partial charge in [0.05, 0.1) is 13.7 Å². The summed E-state index contributed by atoms with van der Waals surface area (Å²) >= 11 is 5.81. The highest BCUT2D eigenvalue weighted by molar-refractivity contribution is 6.30. The van der Waals surface area contributed by atoms with E-state index < -0.39 is 0 Å². The first-order valence-corrected chi connectivity index (χ1v) is 4.75. The molecule has 1 fully saturated rings. The molecular weight excluding hydrogens is 204 g/mol. The molecule has 1 saturated heterocycles. The average molecular weight is 215 g/mol. The molecule has 0 N–H and O–H groups in total. The van der Waals surface area contributed by atoms with Gasteiger partial charge in [0.25, 0.3) is 0 Å². The number of epoxide rings is 1. The van der Waals surface area contributed by atoms with Crippen molar-refractivity contribution in [3.63, 3.8) is 0 Å². The quantitative estimate of drug-likeness (QED) is 0.720. The van der Waals surface area contributed by atoms with Crippen LogP contribution < -0.4 is 9.47 Å². The third kappa shape index (κ3) is 2.30. The summed E-state index contributed by atoms with van der Waals surface area (Å²) in [6, 6.07) is 5.29. The second-order valence-electron chi connectivity index (χ2n) is 3.06. The Morgan fingerprint density at radius 2 is 2.29 bits per heavy atom. The van der Waals surface area contributed by atoms with Crippen LogP contribution in [0.4, 0.5) is 0 Å². The van der Waals surface area contributed by atoms with Gasteiger partial charge in [0.1, 0.15) is 12.7 Å². The number of halogens is 1. The monoisotopic (exact) mass is 214 g/mol. The molecule has 1 aliphatic rings. The highest BCUT2D eigenvalue weighted by Gasteiger charge is 2.23. The Morgan fingerprint density at radius 3 is 2.93 bits per heavy atom. The van der Waals surface area contributed by atoms with Crippen molar-refractivity contribution in [1.29, 1.82) is 0 Å². The molecule has 1 aromatic rings. The summed E-state index contributed by atoms with van der Waals surface area (Å²) < 4.78 is 15.7. The van der Waals surface area contributed by atoms with Gasteiger partial charge in [-0.15, -0.1) is 0 Å². The smallest absolute Gasteiger partial charge is 0.162 e. The first kappa shape index (κ1) is 9.62. The average Bonchev–Trinajstić information content (AvgIpc) is 2.99. The fourth-order valence-corrected chi connectivity index (χ4v) is 1.27. The van der Waals surface area contributed by atoms with E-state index in [0.717, 1.165) is 6.61 Å². The van der Waals surface area contributed by atoms with E-state index in [1.807, 2.05) is 0 Å². The molecule has 0 bridgehead atoms. The molecule has 1 heterocycles. The van der Waals surface area contributed by atoms with Crippen molar-refractivity contribution in [3.8, 4) is 11.5 Å². The van der Waals surface area contributed by atoms with Crippen LogP contribution >= 0.6 is 11.6 Å². The van der Waals surface area contributed by atoms with Crippen molar-refractivity contribution < 1.29 is 14.2 Å². The summed E-state index contributed by atoms with van der Waals surface area (Å²) in [6.07, 6.45) is 0.246. The molecule has 0 unspecified atom stereocenters. The minimum atomic E-state index is 0.246. The van der Waals surface area contributed by atoms with Crippen molar-refractivity contribution in [1.82, 2.24) is 0 Å². The fraction of sp³-hybridized carbons (Fsp3) is 0.400. The van der Waals surface area contributed by atoms with Gasteiger partial charge < -0.3 is 14.2 Å². The fourth-order valence-electron chi connectivity index (χ4n) is 1.11. The van der Waals surface area contributed by atoms with Crippen molar-refractivity contribution in [2.75, 3.05) is 20.3 Å². The Hall–Kier alpha value is -0.930. The summed E-state index contributed by atoms with van der Waals surface area (Å²) in [5, 5.41) is 0.636. The molecule has 1 aromatic carbocycles. The third-order valence-electron chi connectivity index (χ3n) is 1.95. The minimum Gasteiger partial charge on any atom is -0.493 e. The van der Waals surface area contributed by atoms with Crippen molar-refractivity contribution in [3.05, 3.63) is 23.2 Å². The van der Waals surface area contributed by atoms with Crippen LogP contribution in [0.5, 0.6) is 11.5 Å². The summed E-state index contributed by atoms with van der Waals surface area (Å²) in [6.45, 7) is 1.36. The van der Waals surface area contributed by atoms with Crippen LogP contribution in [0, 0.1) is 0 Å². The number of hydrogen-bond donors (Lipinski definition) is 0. The second-order valence-corrected chi connectivity index (χ2v) is 3.50. The van der Waals surface area contributed by atoms with Gasteiger partial charge in [-0.3, -0.25) is 0 Å². The number of hydrogen-bond acceptors (Lipinski definition) is 3. The zero-order valence-corrected chi connectivity index (χ0v) is 8.58. The Morgan fingerprint density at radius 1 is 1.50 bits per heavy atom. The van der Waals surface area contributed by atoms with E-state index in [0.29, 0.717) is 23.1 Å². The van der Waals surface area contributed by atoms with Crippen molar-refractivity contribution >= 4 is 11.6 Å². The molecule has 0 amide bonds. The van der Waals surface area contributed by atoms with E-state index in [4.69, 9.17) is 25.8 Å². The molecule has 0 aliphatic carbocycles. The van der Waals surface area contributed by atoms with Gasteiger partial charge in [-0.25, -0.2) is 0 Å². The maximum Gasteiger partial charge on any atom is 0.162 e. The lowest BCUT2D eigenvalue weighted by Gasteiger charge is -2.09. The zero-order chi connectivity index (χ0) is 9.97. The molecule has 1 aliphatic heterocycles. The van der Waals surface area contributed by atoms with Gasteiger partial charge in [0.15, 0.2) is 11.5 Å². The molecule has 0 saturated carbocycles. The van der Waals surface area contributed by atoms with Gasteiger partial charge in [0, 0.05) is 11.1 Å². The van der Waals surface area contributed by atoms with Crippen LogP contribution in [0.15, 0.2) is 18.2 Å². The first-order valence-electron chi connectivity index (χ1n) is 4.37. The molecule has 0 spiro atoms. The Kier molecular flexibility index (Phi) is 2.79. The Balaban J connectivity index is 2.05. The third-order valence-corrected chi connectivity index (χ3v) is 2.19. The lowest BCUT2D eigenvalue weighted by Crippen LogP contribution is -2.04. The van der Waals surface area contributed by atoms with Crippen LogP contribution in [0.1, 0.15) is 0 Å². The minimum absolute atomic E-state index is 0.246. The summed E-state index contributed by atoms with van der Waals surface area (Å²) in [5.74, 6) is 1.35. The van der Waals surface area contributed by atoms with E-state index >= 15 is 0 Å². The normalized spacial score (nSPS) is 19.1. The van der Waals surface area contributed by atoms with Gasteiger partial charge in [-0.05, 0) is 12.1 Å². The molecule has 2 rings (SSSR count). The predicted octanol–water partition coefficient (Wildman–Crippen LogP) is 2.13. The highest BCUT2D eigenvalue weighted by Crippen LogP contribution is 2.30. The van der Waals surface area contributed by atoms with Crippen LogP contribution in [0.3, 0.4) is 0 Å². The van der Waals surface area contributed by atoms with E-state index in [1.54, 1.807) is 25.3 Å². The maximum absolute atomic E-state index is 5.81. The number of rotatable bonds is 4. The molecule has 3 nitrogen and oxygen atoms in total. The van der Waals surface area contributed by atoms with E-state index in [2.05, 4.69) is 0 Å².